The highest BCUT2D eigenvalue weighted by molar-refractivity contribution is 7.15. The van der Waals surface area contributed by atoms with Crippen molar-refractivity contribution in [3.63, 3.8) is 0 Å². The third-order valence-corrected chi connectivity index (χ3v) is 12.7. The largest absolute Gasteiger partial charge is 0.469 e. The molecular formula is C37H46N4O3S. The van der Waals surface area contributed by atoms with Crippen LogP contribution in [0.15, 0.2) is 48.8 Å². The van der Waals surface area contributed by atoms with Crippen molar-refractivity contribution in [1.82, 2.24) is 9.97 Å². The zero-order chi connectivity index (χ0) is 31.2. The molecule has 45 heavy (non-hydrogen) atoms. The zero-order valence-electron chi connectivity index (χ0n) is 27.0. The standard InChI is InChI=1S/C37H46N4O3S/c1-40(2)32-14-13-29(22-38-32)37-18-15-36(16-19-37,17-20-37)24-41(34(42)26-9-11-27(12-10-26)35(43)44-3)30-6-4-5-28(21-30)31-23-39-33(45-31)25-7-8-25/h4-6,13-14,21-23,25-27H,7-12,15-20,24H2,1-3H3. The monoisotopic (exact) mass is 626 g/mol. The van der Waals surface area contributed by atoms with E-state index in [2.05, 4.69) is 52.4 Å². The van der Waals surface area contributed by atoms with Crippen LogP contribution in [0.2, 0.25) is 0 Å². The predicted molar refractivity (Wildman–Crippen MR) is 180 cm³/mol. The van der Waals surface area contributed by atoms with E-state index in [-0.39, 0.29) is 34.5 Å². The summed E-state index contributed by atoms with van der Waals surface area (Å²) in [6.45, 7) is 0.760. The number of esters is 1. The van der Waals surface area contributed by atoms with Gasteiger partial charge in [-0.3, -0.25) is 9.59 Å². The fraction of sp³-hybridized carbons (Fsp3) is 0.568. The maximum atomic E-state index is 14.5. The minimum atomic E-state index is -0.140. The summed E-state index contributed by atoms with van der Waals surface area (Å²) in [4.78, 5) is 41.6. The van der Waals surface area contributed by atoms with E-state index in [0.29, 0.717) is 5.92 Å². The summed E-state index contributed by atoms with van der Waals surface area (Å²) < 4.78 is 5.02. The van der Waals surface area contributed by atoms with E-state index in [4.69, 9.17) is 14.7 Å². The van der Waals surface area contributed by atoms with Gasteiger partial charge in [0.15, 0.2) is 0 Å². The summed E-state index contributed by atoms with van der Waals surface area (Å²) in [6, 6.07) is 13.0. The molecule has 1 aromatic carbocycles. The van der Waals surface area contributed by atoms with Crippen LogP contribution >= 0.6 is 11.3 Å². The Morgan fingerprint density at radius 3 is 2.22 bits per heavy atom. The van der Waals surface area contributed by atoms with Crippen LogP contribution in [0.3, 0.4) is 0 Å². The summed E-state index contributed by atoms with van der Waals surface area (Å²) in [5, 5.41) is 1.24. The van der Waals surface area contributed by atoms with E-state index in [0.717, 1.165) is 87.8 Å². The van der Waals surface area contributed by atoms with E-state index in [1.165, 1.54) is 35.4 Å². The second-order valence-corrected chi connectivity index (χ2v) is 15.5. The zero-order valence-corrected chi connectivity index (χ0v) is 27.8. The number of rotatable bonds is 9. The van der Waals surface area contributed by atoms with Gasteiger partial charge in [0.2, 0.25) is 5.91 Å². The van der Waals surface area contributed by atoms with Gasteiger partial charge < -0.3 is 14.5 Å². The minimum Gasteiger partial charge on any atom is -0.469 e. The number of thiazole rings is 1. The van der Waals surface area contributed by atoms with Crippen LogP contribution < -0.4 is 9.80 Å². The highest BCUT2D eigenvalue weighted by Crippen LogP contribution is 2.58. The van der Waals surface area contributed by atoms with Gasteiger partial charge in [0.25, 0.3) is 0 Å². The van der Waals surface area contributed by atoms with Crippen molar-refractivity contribution in [2.45, 2.75) is 88.4 Å². The number of hydrogen-bond acceptors (Lipinski definition) is 7. The van der Waals surface area contributed by atoms with Crippen LogP contribution in [-0.4, -0.2) is 49.6 Å². The first-order valence-electron chi connectivity index (χ1n) is 16.9. The third kappa shape index (κ3) is 6.02. The van der Waals surface area contributed by atoms with E-state index < -0.39 is 0 Å². The molecule has 0 saturated heterocycles. The Hall–Kier alpha value is -3.26. The molecule has 7 nitrogen and oxygen atoms in total. The SMILES string of the molecule is COC(=O)C1CCC(C(=O)N(CC23CCC(c4ccc(N(C)C)nc4)(CC2)CC3)c2cccc(-c3cnc(C4CC4)s3)c2)CC1. The van der Waals surface area contributed by atoms with Crippen LogP contribution in [0.4, 0.5) is 11.5 Å². The first-order chi connectivity index (χ1) is 21.8. The Labute approximate surface area is 271 Å². The molecule has 0 spiro atoms. The fourth-order valence-electron chi connectivity index (χ4n) is 8.26. The molecule has 3 aromatic rings. The molecule has 8 heteroatoms. The van der Waals surface area contributed by atoms with E-state index in [9.17, 15) is 9.59 Å². The van der Waals surface area contributed by atoms with Crippen molar-refractivity contribution in [3.8, 4) is 10.4 Å². The number of fused-ring (bicyclic) bond motifs is 3. The van der Waals surface area contributed by atoms with Gasteiger partial charge in [0.1, 0.15) is 5.82 Å². The maximum Gasteiger partial charge on any atom is 0.308 e. The van der Waals surface area contributed by atoms with Gasteiger partial charge in [-0.05, 0) is 117 Å². The smallest absolute Gasteiger partial charge is 0.308 e. The summed E-state index contributed by atoms with van der Waals surface area (Å²) in [7, 11) is 5.53. The Morgan fingerprint density at radius 1 is 0.889 bits per heavy atom. The molecule has 5 saturated carbocycles. The average Bonchev–Trinajstić information content (AvgIpc) is 3.83. The van der Waals surface area contributed by atoms with Gasteiger partial charge in [-0.25, -0.2) is 9.97 Å². The lowest BCUT2D eigenvalue weighted by Gasteiger charge is -2.55. The molecule has 0 unspecified atom stereocenters. The number of carbonyl (C=O) groups is 2. The normalized spacial score (nSPS) is 27.6. The van der Waals surface area contributed by atoms with Crippen molar-refractivity contribution in [1.29, 1.82) is 0 Å². The lowest BCUT2D eigenvalue weighted by atomic mass is 9.52. The van der Waals surface area contributed by atoms with Gasteiger partial charge in [-0.15, -0.1) is 11.3 Å². The van der Waals surface area contributed by atoms with Crippen LogP contribution in [0, 0.1) is 17.3 Å². The summed E-state index contributed by atoms with van der Waals surface area (Å²) in [5.74, 6) is 1.55. The highest BCUT2D eigenvalue weighted by Gasteiger charge is 2.51. The first-order valence-corrected chi connectivity index (χ1v) is 17.7. The van der Waals surface area contributed by atoms with Gasteiger partial charge in [0.05, 0.1) is 22.9 Å². The number of anilines is 2. The fourth-order valence-corrected chi connectivity index (χ4v) is 9.34. The molecule has 5 aliphatic carbocycles. The molecule has 2 heterocycles. The number of pyridine rings is 1. The molecule has 0 atom stereocenters. The maximum absolute atomic E-state index is 14.5. The molecule has 238 valence electrons. The van der Waals surface area contributed by atoms with Crippen LogP contribution in [-0.2, 0) is 19.7 Å². The number of methoxy groups -OCH3 is 1. The summed E-state index contributed by atoms with van der Waals surface area (Å²) in [5.41, 5.74) is 3.83. The first kappa shape index (κ1) is 30.4. The minimum absolute atomic E-state index is 0.0663. The molecule has 8 rings (SSSR count). The molecule has 5 fully saturated rings. The molecular weight excluding hydrogens is 580 g/mol. The van der Waals surface area contributed by atoms with Crippen molar-refractivity contribution < 1.29 is 14.3 Å². The second-order valence-electron chi connectivity index (χ2n) is 14.5. The van der Waals surface area contributed by atoms with Gasteiger partial charge >= 0.3 is 5.97 Å². The van der Waals surface area contributed by atoms with Gasteiger partial charge in [0, 0.05) is 50.6 Å². The van der Waals surface area contributed by atoms with Gasteiger partial charge in [-0.1, -0.05) is 18.2 Å². The number of hydrogen-bond donors (Lipinski definition) is 0. The quantitative estimate of drug-likeness (QED) is 0.226. The Bertz CT molecular complexity index is 1510. The lowest BCUT2D eigenvalue weighted by Crippen LogP contribution is -2.51. The van der Waals surface area contributed by atoms with Crippen molar-refractivity contribution >= 4 is 34.7 Å². The number of carbonyl (C=O) groups excluding carboxylic acids is 2. The molecule has 0 aliphatic heterocycles. The Kier molecular flexibility index (Phi) is 8.21. The summed E-state index contributed by atoms with van der Waals surface area (Å²) in [6.07, 6.45) is 16.3. The lowest BCUT2D eigenvalue weighted by molar-refractivity contribution is -0.147. The summed E-state index contributed by atoms with van der Waals surface area (Å²) >= 11 is 1.80. The molecule has 0 radical (unpaired) electrons. The predicted octanol–water partition coefficient (Wildman–Crippen LogP) is 7.75. The molecule has 2 bridgehead atoms. The van der Waals surface area contributed by atoms with Crippen molar-refractivity contribution in [2.75, 3.05) is 37.5 Å². The highest BCUT2D eigenvalue weighted by atomic mass is 32.1. The number of ether oxygens (including phenoxy) is 1. The second kappa shape index (κ2) is 12.2. The molecule has 0 N–H and O–H groups in total. The van der Waals surface area contributed by atoms with E-state index >= 15 is 0 Å². The number of aromatic nitrogens is 2. The van der Waals surface area contributed by atoms with Gasteiger partial charge in [-0.2, -0.15) is 0 Å². The topological polar surface area (TPSA) is 75.6 Å². The van der Waals surface area contributed by atoms with E-state index in [1.54, 1.807) is 11.3 Å². The van der Waals surface area contributed by atoms with Crippen LogP contribution in [0.5, 0.6) is 0 Å². The van der Waals surface area contributed by atoms with Crippen LogP contribution in [0.1, 0.15) is 93.5 Å². The number of amides is 1. The average molecular weight is 627 g/mol. The van der Waals surface area contributed by atoms with Crippen LogP contribution in [0.25, 0.3) is 10.4 Å². The Morgan fingerprint density at radius 2 is 1.60 bits per heavy atom. The van der Waals surface area contributed by atoms with Crippen molar-refractivity contribution in [2.24, 2.45) is 17.3 Å². The number of nitrogens with zero attached hydrogens (tertiary/aromatic N) is 4. The van der Waals surface area contributed by atoms with Crippen molar-refractivity contribution in [3.05, 3.63) is 59.4 Å². The van der Waals surface area contributed by atoms with E-state index in [1.807, 2.05) is 20.3 Å². The number of benzene rings is 1. The third-order valence-electron chi connectivity index (χ3n) is 11.5. The molecule has 5 aliphatic rings. The molecule has 2 aromatic heterocycles. The Balaban J connectivity index is 1.13. The molecule has 1 amide bonds.